The first kappa shape index (κ1) is 21.0. The number of thioether (sulfide) groups is 1. The molecule has 10 heteroatoms. The summed E-state index contributed by atoms with van der Waals surface area (Å²) in [4.78, 5) is 21.3. The number of aryl methyl sites for hydroxylation is 1. The molecule has 0 radical (unpaired) electrons. The van der Waals surface area contributed by atoms with Gasteiger partial charge in [0.15, 0.2) is 16.1 Å². The molecule has 146 valence electrons. The highest BCUT2D eigenvalue weighted by molar-refractivity contribution is 8.14. The lowest BCUT2D eigenvalue weighted by atomic mass is 10.1. The van der Waals surface area contributed by atoms with Crippen LogP contribution in [0.3, 0.4) is 0 Å². The highest BCUT2D eigenvalue weighted by Crippen LogP contribution is 2.21. The summed E-state index contributed by atoms with van der Waals surface area (Å²) in [5.74, 6) is -0.0832. The zero-order valence-corrected chi connectivity index (χ0v) is 16.7. The number of nitrogens with two attached hydrogens (primary N) is 1. The number of aliphatic hydroxyl groups excluding tert-OH is 1. The van der Waals surface area contributed by atoms with Crippen molar-refractivity contribution in [1.29, 1.82) is 5.41 Å². The fourth-order valence-corrected chi connectivity index (χ4v) is 3.81. The SMILES string of the molecule is CCc1[nH]c(C(=O)NC2CCN(C(=N)SC(N)[C@H](C)CO)CC2)nc1Cl. The lowest BCUT2D eigenvalue weighted by molar-refractivity contribution is 0.0913. The summed E-state index contributed by atoms with van der Waals surface area (Å²) < 4.78 is 0. The summed E-state index contributed by atoms with van der Waals surface area (Å²) in [5.41, 5.74) is 6.73. The van der Waals surface area contributed by atoms with Crippen molar-refractivity contribution in [2.45, 2.75) is 44.5 Å². The number of imidazole rings is 1. The summed E-state index contributed by atoms with van der Waals surface area (Å²) >= 11 is 7.25. The van der Waals surface area contributed by atoms with Crippen molar-refractivity contribution in [2.24, 2.45) is 11.7 Å². The summed E-state index contributed by atoms with van der Waals surface area (Å²) in [6.07, 6.45) is 2.18. The Labute approximate surface area is 162 Å². The van der Waals surface area contributed by atoms with Crippen molar-refractivity contribution >= 4 is 34.4 Å². The molecule has 1 aliphatic rings. The molecule has 0 aliphatic carbocycles. The number of rotatable bonds is 6. The molecule has 1 aromatic rings. The molecule has 8 nitrogen and oxygen atoms in total. The minimum atomic E-state index is -0.304. The van der Waals surface area contributed by atoms with Gasteiger partial charge in [0.1, 0.15) is 0 Å². The molecule has 0 bridgehead atoms. The molecule has 0 spiro atoms. The summed E-state index contributed by atoms with van der Waals surface area (Å²) in [7, 11) is 0. The third-order valence-electron chi connectivity index (χ3n) is 4.51. The van der Waals surface area contributed by atoms with E-state index in [0.29, 0.717) is 29.8 Å². The Bertz CT molecular complexity index is 632. The van der Waals surface area contributed by atoms with E-state index in [1.165, 1.54) is 11.8 Å². The molecule has 2 heterocycles. The number of aliphatic hydroxyl groups is 1. The van der Waals surface area contributed by atoms with Crippen molar-refractivity contribution in [3.8, 4) is 0 Å². The summed E-state index contributed by atoms with van der Waals surface area (Å²) in [6, 6.07) is 0.0375. The molecule has 2 rings (SSSR count). The fourth-order valence-electron chi connectivity index (χ4n) is 2.63. The van der Waals surface area contributed by atoms with E-state index in [2.05, 4.69) is 15.3 Å². The Morgan fingerprint density at radius 3 is 2.77 bits per heavy atom. The fraction of sp³-hybridized carbons (Fsp3) is 0.688. The molecule has 6 N–H and O–H groups in total. The van der Waals surface area contributed by atoms with Crippen molar-refractivity contribution in [2.75, 3.05) is 19.7 Å². The van der Waals surface area contributed by atoms with Crippen LogP contribution in [0.5, 0.6) is 0 Å². The first-order chi connectivity index (χ1) is 12.3. The first-order valence-corrected chi connectivity index (χ1v) is 10.0. The number of H-pyrrole nitrogens is 1. The third kappa shape index (κ3) is 5.35. The van der Waals surface area contributed by atoms with Crippen molar-refractivity contribution < 1.29 is 9.90 Å². The van der Waals surface area contributed by atoms with Gasteiger partial charge < -0.3 is 26.0 Å². The van der Waals surface area contributed by atoms with Gasteiger partial charge in [0.05, 0.1) is 11.1 Å². The molecule has 0 saturated carbocycles. The largest absolute Gasteiger partial charge is 0.396 e. The third-order valence-corrected chi connectivity index (χ3v) is 6.04. The average Bonchev–Trinajstić information content (AvgIpc) is 3.02. The van der Waals surface area contributed by atoms with Crippen LogP contribution in [0.1, 0.15) is 43.0 Å². The van der Waals surface area contributed by atoms with Gasteiger partial charge in [-0.2, -0.15) is 0 Å². The normalized spacial score (nSPS) is 17.8. The molecule has 1 saturated heterocycles. The minimum absolute atomic E-state index is 0.00605. The maximum Gasteiger partial charge on any atom is 0.287 e. The van der Waals surface area contributed by atoms with E-state index in [9.17, 15) is 4.79 Å². The second-order valence-electron chi connectivity index (χ2n) is 6.49. The van der Waals surface area contributed by atoms with E-state index >= 15 is 0 Å². The van der Waals surface area contributed by atoms with E-state index in [-0.39, 0.29) is 35.7 Å². The van der Waals surface area contributed by atoms with Crippen LogP contribution in [0, 0.1) is 11.3 Å². The van der Waals surface area contributed by atoms with Crippen LogP contribution in [-0.2, 0) is 6.42 Å². The monoisotopic (exact) mass is 402 g/mol. The number of nitrogens with one attached hydrogen (secondary N) is 3. The van der Waals surface area contributed by atoms with Crippen molar-refractivity contribution in [3.05, 3.63) is 16.7 Å². The average molecular weight is 403 g/mol. The topological polar surface area (TPSA) is 131 Å². The smallest absolute Gasteiger partial charge is 0.287 e. The number of nitrogens with zero attached hydrogens (tertiary/aromatic N) is 2. The van der Waals surface area contributed by atoms with Crippen LogP contribution in [0.2, 0.25) is 5.15 Å². The van der Waals surface area contributed by atoms with Gasteiger partial charge in [-0.05, 0) is 19.3 Å². The Hall–Kier alpha value is -1.29. The molecular formula is C16H27ClN6O2S. The second kappa shape index (κ2) is 9.59. The van der Waals surface area contributed by atoms with Gasteiger partial charge in [-0.1, -0.05) is 37.2 Å². The van der Waals surface area contributed by atoms with E-state index in [1.807, 2.05) is 18.7 Å². The number of halogens is 1. The van der Waals surface area contributed by atoms with Gasteiger partial charge in [0, 0.05) is 31.7 Å². The summed E-state index contributed by atoms with van der Waals surface area (Å²) in [6.45, 7) is 5.16. The quantitative estimate of drug-likeness (QED) is 0.277. The second-order valence-corrected chi connectivity index (χ2v) is 8.02. The number of likely N-dealkylation sites (tertiary alicyclic amines) is 1. The Balaban J connectivity index is 1.80. The Kier molecular flexibility index (Phi) is 7.75. The standard InChI is InChI=1S/C16H27ClN6O2S/c1-3-11-12(17)22-14(21-11)15(25)20-10-4-6-23(7-5-10)16(19)26-13(18)9(2)8-24/h9-10,13,19,24H,3-8,18H2,1-2H3,(H,20,25)(H,21,22)/t9-,13?/m1/s1. The summed E-state index contributed by atoms with van der Waals surface area (Å²) in [5, 5.41) is 20.7. The maximum atomic E-state index is 12.3. The van der Waals surface area contributed by atoms with Crippen LogP contribution in [0.15, 0.2) is 0 Å². The van der Waals surface area contributed by atoms with Crippen LogP contribution in [0.25, 0.3) is 0 Å². The van der Waals surface area contributed by atoms with Gasteiger partial charge in [-0.25, -0.2) is 4.98 Å². The number of hydrogen-bond acceptors (Lipinski definition) is 6. The van der Waals surface area contributed by atoms with E-state index in [4.69, 9.17) is 27.9 Å². The molecule has 26 heavy (non-hydrogen) atoms. The molecule has 0 aromatic carbocycles. The van der Waals surface area contributed by atoms with Crippen molar-refractivity contribution in [3.63, 3.8) is 0 Å². The lowest BCUT2D eigenvalue weighted by Crippen LogP contribution is -2.46. The van der Waals surface area contributed by atoms with Gasteiger partial charge >= 0.3 is 0 Å². The number of hydrogen-bond donors (Lipinski definition) is 5. The molecule has 1 aromatic heterocycles. The molecule has 2 atom stereocenters. The zero-order valence-electron chi connectivity index (χ0n) is 15.1. The minimum Gasteiger partial charge on any atom is -0.396 e. The highest BCUT2D eigenvalue weighted by atomic mass is 35.5. The molecule has 1 fully saturated rings. The van der Waals surface area contributed by atoms with Gasteiger partial charge in [-0.3, -0.25) is 10.2 Å². The van der Waals surface area contributed by atoms with E-state index in [0.717, 1.165) is 18.5 Å². The van der Waals surface area contributed by atoms with Gasteiger partial charge in [-0.15, -0.1) is 0 Å². The number of carbonyl (C=O) groups excluding carboxylic acids is 1. The molecule has 1 amide bonds. The molecular weight excluding hydrogens is 376 g/mol. The Morgan fingerprint density at radius 1 is 1.58 bits per heavy atom. The van der Waals surface area contributed by atoms with Crippen LogP contribution in [0.4, 0.5) is 0 Å². The number of aromatic nitrogens is 2. The number of carbonyl (C=O) groups is 1. The number of aromatic amines is 1. The van der Waals surface area contributed by atoms with Crippen molar-refractivity contribution in [1.82, 2.24) is 20.2 Å². The van der Waals surface area contributed by atoms with Crippen LogP contribution < -0.4 is 11.1 Å². The maximum absolute atomic E-state index is 12.3. The zero-order chi connectivity index (χ0) is 19.3. The predicted molar refractivity (Wildman–Crippen MR) is 105 cm³/mol. The lowest BCUT2D eigenvalue weighted by Gasteiger charge is -2.34. The number of piperidine rings is 1. The van der Waals surface area contributed by atoms with Gasteiger partial charge in [0.2, 0.25) is 0 Å². The number of amides is 1. The molecule has 1 aliphatic heterocycles. The van der Waals surface area contributed by atoms with Crippen LogP contribution >= 0.6 is 23.4 Å². The highest BCUT2D eigenvalue weighted by Gasteiger charge is 2.25. The molecule has 1 unspecified atom stereocenters. The van der Waals surface area contributed by atoms with Crippen LogP contribution in [-0.4, -0.2) is 62.2 Å². The van der Waals surface area contributed by atoms with E-state index in [1.54, 1.807) is 0 Å². The number of amidine groups is 1. The van der Waals surface area contributed by atoms with E-state index < -0.39 is 0 Å². The predicted octanol–water partition coefficient (Wildman–Crippen LogP) is 1.40. The first-order valence-electron chi connectivity index (χ1n) is 8.77. The van der Waals surface area contributed by atoms with Gasteiger partial charge in [0.25, 0.3) is 5.91 Å². The Morgan fingerprint density at radius 2 is 2.23 bits per heavy atom.